The van der Waals surface area contributed by atoms with Crippen molar-refractivity contribution in [3.8, 4) is 5.75 Å². The first-order valence-electron chi connectivity index (χ1n) is 7.49. The lowest BCUT2D eigenvalue weighted by Crippen LogP contribution is -2.25. The molecule has 1 aromatic carbocycles. The van der Waals surface area contributed by atoms with Gasteiger partial charge in [-0.05, 0) is 38.5 Å². The van der Waals surface area contributed by atoms with Gasteiger partial charge in [-0.3, -0.25) is 4.98 Å². The number of ether oxygens (including phenoxy) is 1. The Bertz CT molecular complexity index is 622. The molecule has 1 N–H and O–H groups in total. The Hall–Kier alpha value is -1.87. The fraction of sp³-hybridized carbons (Fsp3) is 0.389. The van der Waals surface area contributed by atoms with E-state index in [0.29, 0.717) is 0 Å². The second-order valence-electron chi connectivity index (χ2n) is 6.30. The Morgan fingerprint density at radius 1 is 1.24 bits per heavy atom. The smallest absolute Gasteiger partial charge is 0.127 e. The molecule has 0 amide bonds. The van der Waals surface area contributed by atoms with Gasteiger partial charge in [0.05, 0.1) is 5.69 Å². The highest BCUT2D eigenvalue weighted by molar-refractivity contribution is 5.45. The largest absolute Gasteiger partial charge is 0.487 e. The summed E-state index contributed by atoms with van der Waals surface area (Å²) in [5, 5.41) is 3.53. The molecule has 0 bridgehead atoms. The van der Waals surface area contributed by atoms with Crippen LogP contribution < -0.4 is 10.1 Å². The topological polar surface area (TPSA) is 34.1 Å². The van der Waals surface area contributed by atoms with E-state index in [1.165, 1.54) is 11.1 Å². The summed E-state index contributed by atoms with van der Waals surface area (Å²) in [6.07, 6.45) is 2.81. The molecule has 1 atom stereocenters. The van der Waals surface area contributed by atoms with Crippen LogP contribution in [0.3, 0.4) is 0 Å². The predicted molar refractivity (Wildman–Crippen MR) is 84.3 cm³/mol. The molecule has 0 fully saturated rings. The van der Waals surface area contributed by atoms with Crippen molar-refractivity contribution in [3.05, 3.63) is 59.4 Å². The molecule has 0 spiro atoms. The Morgan fingerprint density at radius 3 is 2.86 bits per heavy atom. The van der Waals surface area contributed by atoms with Crippen LogP contribution in [0.15, 0.2) is 42.6 Å². The van der Waals surface area contributed by atoms with Crippen molar-refractivity contribution in [1.82, 2.24) is 10.3 Å². The summed E-state index contributed by atoms with van der Waals surface area (Å²) in [5.41, 5.74) is 3.50. The van der Waals surface area contributed by atoms with Crippen LogP contribution >= 0.6 is 0 Å². The number of fused-ring (bicyclic) bond motifs is 1. The van der Waals surface area contributed by atoms with E-state index < -0.39 is 0 Å². The molecule has 1 aliphatic heterocycles. The predicted octanol–water partition coefficient (Wildman–Crippen LogP) is 3.65. The third-order valence-corrected chi connectivity index (χ3v) is 3.90. The minimum atomic E-state index is -0.0922. The summed E-state index contributed by atoms with van der Waals surface area (Å²) in [6, 6.07) is 12.6. The van der Waals surface area contributed by atoms with E-state index >= 15 is 0 Å². The van der Waals surface area contributed by atoms with Crippen LogP contribution in [-0.2, 0) is 13.0 Å². The Kier molecular flexibility index (Phi) is 3.68. The van der Waals surface area contributed by atoms with E-state index in [-0.39, 0.29) is 11.6 Å². The number of hydrogen-bond donors (Lipinski definition) is 1. The first-order valence-corrected chi connectivity index (χ1v) is 7.49. The third-order valence-electron chi connectivity index (χ3n) is 3.90. The number of pyridine rings is 1. The van der Waals surface area contributed by atoms with Crippen LogP contribution in [0.25, 0.3) is 0 Å². The number of nitrogens with one attached hydrogen (secondary N) is 1. The van der Waals surface area contributed by atoms with Crippen LogP contribution in [0.5, 0.6) is 5.75 Å². The van der Waals surface area contributed by atoms with Crippen LogP contribution in [0.4, 0.5) is 0 Å². The average molecular weight is 282 g/mol. The van der Waals surface area contributed by atoms with Gasteiger partial charge in [-0.15, -0.1) is 0 Å². The molecule has 3 rings (SSSR count). The Morgan fingerprint density at radius 2 is 2.10 bits per heavy atom. The molecule has 2 aromatic rings. The molecule has 3 heteroatoms. The van der Waals surface area contributed by atoms with Gasteiger partial charge >= 0.3 is 0 Å². The van der Waals surface area contributed by atoms with Crippen LogP contribution in [0.1, 0.15) is 43.6 Å². The highest BCUT2D eigenvalue weighted by Gasteiger charge is 2.31. The highest BCUT2D eigenvalue weighted by atomic mass is 16.5. The lowest BCUT2D eigenvalue weighted by atomic mass is 10.0. The lowest BCUT2D eigenvalue weighted by molar-refractivity contribution is 0.137. The van der Waals surface area contributed by atoms with Crippen molar-refractivity contribution in [2.75, 3.05) is 0 Å². The first-order chi connectivity index (χ1) is 10.1. The number of hydrogen-bond acceptors (Lipinski definition) is 3. The number of rotatable bonds is 4. The van der Waals surface area contributed by atoms with Gasteiger partial charge in [0.15, 0.2) is 0 Å². The average Bonchev–Trinajstić information content (AvgIpc) is 2.80. The number of nitrogens with zero attached hydrogens (tertiary/aromatic N) is 1. The molecular weight excluding hydrogens is 260 g/mol. The molecule has 21 heavy (non-hydrogen) atoms. The van der Waals surface area contributed by atoms with Gasteiger partial charge in [-0.2, -0.15) is 0 Å². The summed E-state index contributed by atoms with van der Waals surface area (Å²) < 4.78 is 6.11. The van der Waals surface area contributed by atoms with Crippen molar-refractivity contribution in [1.29, 1.82) is 0 Å². The fourth-order valence-electron chi connectivity index (χ4n) is 2.82. The van der Waals surface area contributed by atoms with Crippen LogP contribution in [-0.4, -0.2) is 10.6 Å². The standard InChI is InChI=1S/C18H22N2O/c1-13(16-9-4-5-10-19-16)20-12-15-8-6-7-14-11-18(2,3)21-17(14)15/h4-10,13,20H,11-12H2,1-3H3. The van der Waals surface area contributed by atoms with Crippen molar-refractivity contribution in [2.24, 2.45) is 0 Å². The molecule has 3 nitrogen and oxygen atoms in total. The van der Waals surface area contributed by atoms with Crippen LogP contribution in [0, 0.1) is 0 Å². The van der Waals surface area contributed by atoms with Crippen LogP contribution in [0.2, 0.25) is 0 Å². The zero-order valence-electron chi connectivity index (χ0n) is 12.9. The van der Waals surface area contributed by atoms with E-state index in [4.69, 9.17) is 4.74 Å². The molecular formula is C18H22N2O. The minimum absolute atomic E-state index is 0.0922. The zero-order valence-corrected chi connectivity index (χ0v) is 12.9. The van der Waals surface area contributed by atoms with Gasteiger partial charge < -0.3 is 10.1 Å². The van der Waals surface area contributed by atoms with E-state index in [0.717, 1.165) is 24.4 Å². The van der Waals surface area contributed by atoms with Gasteiger partial charge in [-0.1, -0.05) is 24.3 Å². The normalized spacial score (nSPS) is 17.1. The van der Waals surface area contributed by atoms with Gasteiger partial charge in [0.1, 0.15) is 11.4 Å². The summed E-state index contributed by atoms with van der Waals surface area (Å²) >= 11 is 0. The monoisotopic (exact) mass is 282 g/mol. The molecule has 1 aliphatic rings. The minimum Gasteiger partial charge on any atom is -0.487 e. The third kappa shape index (κ3) is 3.08. The number of benzene rings is 1. The zero-order chi connectivity index (χ0) is 14.9. The van der Waals surface area contributed by atoms with Gasteiger partial charge in [0.2, 0.25) is 0 Å². The second-order valence-corrected chi connectivity index (χ2v) is 6.30. The maximum Gasteiger partial charge on any atom is 0.127 e. The number of aromatic nitrogens is 1. The van der Waals surface area contributed by atoms with Crippen molar-refractivity contribution >= 4 is 0 Å². The molecule has 2 heterocycles. The maximum atomic E-state index is 6.11. The SMILES string of the molecule is CC(NCc1cccc2c1OC(C)(C)C2)c1ccccn1. The van der Waals surface area contributed by atoms with Crippen molar-refractivity contribution in [2.45, 2.75) is 45.4 Å². The van der Waals surface area contributed by atoms with E-state index in [1.54, 1.807) is 0 Å². The summed E-state index contributed by atoms with van der Waals surface area (Å²) in [6.45, 7) is 7.20. The fourth-order valence-corrected chi connectivity index (χ4v) is 2.82. The van der Waals surface area contributed by atoms with Gasteiger partial charge in [0.25, 0.3) is 0 Å². The first kappa shape index (κ1) is 14.1. The van der Waals surface area contributed by atoms with E-state index in [9.17, 15) is 0 Å². The molecule has 0 radical (unpaired) electrons. The van der Waals surface area contributed by atoms with E-state index in [2.05, 4.69) is 49.3 Å². The second kappa shape index (κ2) is 5.49. The Labute approximate surface area is 126 Å². The summed E-state index contributed by atoms with van der Waals surface area (Å²) in [7, 11) is 0. The van der Waals surface area contributed by atoms with Crippen molar-refractivity contribution in [3.63, 3.8) is 0 Å². The Balaban J connectivity index is 1.72. The molecule has 0 saturated heterocycles. The quantitative estimate of drug-likeness (QED) is 0.929. The summed E-state index contributed by atoms with van der Waals surface area (Å²) in [4.78, 5) is 4.39. The molecule has 0 saturated carbocycles. The molecule has 1 aromatic heterocycles. The van der Waals surface area contributed by atoms with E-state index in [1.807, 2.05) is 24.4 Å². The molecule has 110 valence electrons. The molecule has 0 aliphatic carbocycles. The summed E-state index contributed by atoms with van der Waals surface area (Å²) in [5.74, 6) is 1.06. The maximum absolute atomic E-state index is 6.11. The van der Waals surface area contributed by atoms with Crippen molar-refractivity contribution < 1.29 is 4.74 Å². The van der Waals surface area contributed by atoms with Gasteiger partial charge in [0, 0.05) is 30.8 Å². The van der Waals surface area contributed by atoms with Gasteiger partial charge in [-0.25, -0.2) is 0 Å². The highest BCUT2D eigenvalue weighted by Crippen LogP contribution is 2.37. The lowest BCUT2D eigenvalue weighted by Gasteiger charge is -2.19. The number of para-hydroxylation sites is 1. The molecule has 1 unspecified atom stereocenters.